The quantitative estimate of drug-likeness (QED) is 0.618. The van der Waals surface area contributed by atoms with Gasteiger partial charge in [-0.3, -0.25) is 4.55 Å². The van der Waals surface area contributed by atoms with Gasteiger partial charge in [-0.05, 0) is 54.3 Å². The third-order valence-electron chi connectivity index (χ3n) is 5.18. The Morgan fingerprint density at radius 3 is 2.17 bits per heavy atom. The van der Waals surface area contributed by atoms with Crippen molar-refractivity contribution in [1.29, 1.82) is 0 Å². The van der Waals surface area contributed by atoms with E-state index in [1.807, 2.05) is 0 Å². The second-order valence-electron chi connectivity index (χ2n) is 7.11. The molecule has 29 heavy (non-hydrogen) atoms. The highest BCUT2D eigenvalue weighted by Crippen LogP contribution is 2.49. The number of alkyl halides is 3. The van der Waals surface area contributed by atoms with Gasteiger partial charge in [0.1, 0.15) is 5.41 Å². The van der Waals surface area contributed by atoms with Crippen molar-refractivity contribution >= 4 is 39.0 Å². The first kappa shape index (κ1) is 22.2. The Labute approximate surface area is 177 Å². The van der Waals surface area contributed by atoms with Gasteiger partial charge in [-0.25, -0.2) is 0 Å². The Morgan fingerprint density at radius 1 is 1.07 bits per heavy atom. The summed E-state index contributed by atoms with van der Waals surface area (Å²) in [5, 5.41) is 0.301. The van der Waals surface area contributed by atoms with E-state index >= 15 is 0 Å². The van der Waals surface area contributed by atoms with Gasteiger partial charge in [-0.1, -0.05) is 35.3 Å². The molecular formula is C19H18Cl2F3NO3S. The monoisotopic (exact) mass is 467 g/mol. The van der Waals surface area contributed by atoms with Gasteiger partial charge in [0.25, 0.3) is 10.1 Å². The molecule has 1 N–H and O–H groups in total. The molecule has 1 heterocycles. The van der Waals surface area contributed by atoms with Gasteiger partial charge in [0.2, 0.25) is 0 Å². The molecule has 3 rings (SSSR count). The van der Waals surface area contributed by atoms with Crippen LogP contribution in [0.25, 0.3) is 0 Å². The van der Waals surface area contributed by atoms with E-state index in [9.17, 15) is 21.6 Å². The van der Waals surface area contributed by atoms with Crippen LogP contribution < -0.4 is 4.90 Å². The van der Waals surface area contributed by atoms with E-state index < -0.39 is 27.5 Å². The number of benzene rings is 2. The van der Waals surface area contributed by atoms with Crippen molar-refractivity contribution in [3.63, 3.8) is 0 Å². The summed E-state index contributed by atoms with van der Waals surface area (Å²) in [6, 6.07) is 10.6. The summed E-state index contributed by atoms with van der Waals surface area (Å²) in [6.45, 7) is -0.0917. The molecule has 158 valence electrons. The maximum Gasteiger partial charge on any atom is 0.400 e. The van der Waals surface area contributed by atoms with E-state index in [0.29, 0.717) is 11.3 Å². The first-order chi connectivity index (χ1) is 13.4. The van der Waals surface area contributed by atoms with Crippen LogP contribution in [0.5, 0.6) is 0 Å². The van der Waals surface area contributed by atoms with E-state index in [2.05, 4.69) is 0 Å². The highest BCUT2D eigenvalue weighted by Gasteiger charge is 2.59. The fraction of sp³-hybridized carbons (Fsp3) is 0.368. The van der Waals surface area contributed by atoms with Crippen LogP contribution in [0, 0.1) is 0 Å². The molecule has 1 unspecified atom stereocenters. The maximum absolute atomic E-state index is 14.1. The number of rotatable bonds is 5. The number of hydrogen-bond acceptors (Lipinski definition) is 3. The van der Waals surface area contributed by atoms with E-state index in [4.69, 9.17) is 27.8 Å². The Morgan fingerprint density at radius 2 is 1.66 bits per heavy atom. The standard InChI is InChI=1S/C19H18Cl2F3NO3S/c20-15-9-14(10-16(21)11-15)18(19(22,23)24)6-7-25(12-18)17-3-1-13(2-4-17)5-8-29(26,27)28/h1-4,9-11H,5-8,12H2,(H,26,27,28). The average Bonchev–Trinajstić information content (AvgIpc) is 3.06. The van der Waals surface area contributed by atoms with Gasteiger partial charge in [0, 0.05) is 28.8 Å². The summed E-state index contributed by atoms with van der Waals surface area (Å²) >= 11 is 11.9. The van der Waals surface area contributed by atoms with Crippen LogP contribution in [-0.2, 0) is 22.0 Å². The summed E-state index contributed by atoms with van der Waals surface area (Å²) in [6.07, 6.45) is -4.52. The van der Waals surface area contributed by atoms with Crippen molar-refractivity contribution in [3.8, 4) is 0 Å². The van der Waals surface area contributed by atoms with Crippen LogP contribution in [-0.4, -0.2) is 38.0 Å². The van der Waals surface area contributed by atoms with Crippen LogP contribution >= 0.6 is 23.2 Å². The topological polar surface area (TPSA) is 57.6 Å². The molecule has 0 saturated carbocycles. The molecule has 10 heteroatoms. The summed E-state index contributed by atoms with van der Waals surface area (Å²) in [5.74, 6) is -0.414. The van der Waals surface area contributed by atoms with Crippen LogP contribution in [0.15, 0.2) is 42.5 Å². The van der Waals surface area contributed by atoms with Crippen molar-refractivity contribution in [2.24, 2.45) is 0 Å². The first-order valence-electron chi connectivity index (χ1n) is 8.72. The zero-order valence-electron chi connectivity index (χ0n) is 15.1. The average molecular weight is 468 g/mol. The molecule has 1 fully saturated rings. The Kier molecular flexibility index (Phi) is 6.11. The predicted molar refractivity (Wildman–Crippen MR) is 108 cm³/mol. The number of anilines is 1. The molecule has 0 amide bonds. The van der Waals surface area contributed by atoms with Crippen molar-refractivity contribution in [1.82, 2.24) is 0 Å². The van der Waals surface area contributed by atoms with Crippen molar-refractivity contribution in [2.75, 3.05) is 23.7 Å². The molecule has 0 radical (unpaired) electrons. The van der Waals surface area contributed by atoms with Crippen LogP contribution in [0.4, 0.5) is 18.9 Å². The lowest BCUT2D eigenvalue weighted by Gasteiger charge is -2.33. The van der Waals surface area contributed by atoms with E-state index in [1.165, 1.54) is 18.2 Å². The van der Waals surface area contributed by atoms with Crippen LogP contribution in [0.2, 0.25) is 10.0 Å². The molecule has 0 spiro atoms. The van der Waals surface area contributed by atoms with Gasteiger partial charge in [-0.2, -0.15) is 21.6 Å². The second kappa shape index (κ2) is 7.98. The summed E-state index contributed by atoms with van der Waals surface area (Å²) in [4.78, 5) is 1.63. The largest absolute Gasteiger partial charge is 0.400 e. The number of halogens is 5. The first-order valence-corrected chi connectivity index (χ1v) is 11.1. The molecule has 1 aliphatic rings. The van der Waals surface area contributed by atoms with Gasteiger partial charge < -0.3 is 4.90 Å². The van der Waals surface area contributed by atoms with E-state index in [0.717, 1.165) is 0 Å². The maximum atomic E-state index is 14.1. The minimum Gasteiger partial charge on any atom is -0.370 e. The minimum atomic E-state index is -4.49. The predicted octanol–water partition coefficient (Wildman–Crippen LogP) is 5.13. The summed E-state index contributed by atoms with van der Waals surface area (Å²) in [7, 11) is -4.07. The lowest BCUT2D eigenvalue weighted by atomic mass is 9.79. The molecule has 1 aliphatic heterocycles. The SMILES string of the molecule is O=S(=O)(O)CCc1ccc(N2CCC(c3cc(Cl)cc(Cl)c3)(C(F)(F)F)C2)cc1. The van der Waals surface area contributed by atoms with E-state index in [-0.39, 0.29) is 41.5 Å². The van der Waals surface area contributed by atoms with Crippen LogP contribution in [0.1, 0.15) is 17.5 Å². The molecule has 2 aromatic rings. The number of nitrogens with zero attached hydrogens (tertiary/aromatic N) is 1. The fourth-order valence-electron chi connectivity index (χ4n) is 3.61. The van der Waals surface area contributed by atoms with E-state index in [1.54, 1.807) is 29.2 Å². The number of hydrogen-bond donors (Lipinski definition) is 1. The van der Waals surface area contributed by atoms with Crippen molar-refractivity contribution < 1.29 is 26.1 Å². The Hall–Kier alpha value is -1.48. The summed E-state index contributed by atoms with van der Waals surface area (Å²) in [5.41, 5.74) is -0.797. The molecule has 0 aliphatic carbocycles. The fourth-order valence-corrected chi connectivity index (χ4v) is 4.63. The van der Waals surface area contributed by atoms with Gasteiger partial charge in [0.05, 0.1) is 5.75 Å². The molecular weight excluding hydrogens is 450 g/mol. The van der Waals surface area contributed by atoms with Crippen molar-refractivity contribution in [3.05, 3.63) is 63.6 Å². The third kappa shape index (κ3) is 4.99. The molecule has 0 aromatic heterocycles. The lowest BCUT2D eigenvalue weighted by molar-refractivity contribution is -0.184. The minimum absolute atomic E-state index is 0.0368. The highest BCUT2D eigenvalue weighted by molar-refractivity contribution is 7.85. The summed E-state index contributed by atoms with van der Waals surface area (Å²) < 4.78 is 72.9. The number of aryl methyl sites for hydroxylation is 1. The third-order valence-corrected chi connectivity index (χ3v) is 6.33. The highest BCUT2D eigenvalue weighted by atomic mass is 35.5. The van der Waals surface area contributed by atoms with Crippen LogP contribution in [0.3, 0.4) is 0 Å². The van der Waals surface area contributed by atoms with Gasteiger partial charge in [0.15, 0.2) is 0 Å². The lowest BCUT2D eigenvalue weighted by Crippen LogP contribution is -2.44. The molecule has 4 nitrogen and oxygen atoms in total. The van der Waals surface area contributed by atoms with Crippen molar-refractivity contribution in [2.45, 2.75) is 24.4 Å². The zero-order valence-corrected chi connectivity index (χ0v) is 17.4. The smallest absolute Gasteiger partial charge is 0.370 e. The molecule has 0 bridgehead atoms. The normalized spacial score (nSPS) is 20.3. The van der Waals surface area contributed by atoms with Gasteiger partial charge in [-0.15, -0.1) is 0 Å². The second-order valence-corrected chi connectivity index (χ2v) is 9.56. The zero-order chi connectivity index (χ0) is 21.4. The molecule has 1 saturated heterocycles. The molecule has 1 atom stereocenters. The Bertz CT molecular complexity index is 976. The Balaban J connectivity index is 1.85. The molecule has 2 aromatic carbocycles. The van der Waals surface area contributed by atoms with Gasteiger partial charge >= 0.3 is 6.18 Å².